The smallest absolute Gasteiger partial charge is 0.407 e. The molecular formula is C34H40F2N4O9S. The molecule has 16 heteroatoms. The summed E-state index contributed by atoms with van der Waals surface area (Å²) in [5.41, 5.74) is 0.107. The summed E-state index contributed by atoms with van der Waals surface area (Å²) in [4.78, 5) is 23.9. The summed E-state index contributed by atoms with van der Waals surface area (Å²) in [6.45, 7) is 3.46. The number of nitro groups is 1. The lowest BCUT2D eigenvalue weighted by molar-refractivity contribution is -0.384. The second kappa shape index (κ2) is 16.2. The highest BCUT2D eigenvalue weighted by atomic mass is 32.2. The second-order valence-electron chi connectivity index (χ2n) is 12.7. The molecule has 2 aliphatic rings. The van der Waals surface area contributed by atoms with Gasteiger partial charge in [-0.1, -0.05) is 50.2 Å². The molecule has 13 nitrogen and oxygen atoms in total. The molecule has 0 aromatic heterocycles. The van der Waals surface area contributed by atoms with Gasteiger partial charge in [-0.2, -0.15) is 4.31 Å². The van der Waals surface area contributed by atoms with E-state index in [-0.39, 0.29) is 54.1 Å². The lowest BCUT2D eigenvalue weighted by Gasteiger charge is -2.31. The number of alkyl carbamates (subject to hydrolysis) is 1. The lowest BCUT2D eigenvalue weighted by Crippen LogP contribution is -2.51. The number of benzene rings is 3. The van der Waals surface area contributed by atoms with Gasteiger partial charge in [0.2, 0.25) is 10.0 Å². The number of fused-ring (bicyclic) bond motifs is 1. The Kier molecular flexibility index (Phi) is 12.0. The summed E-state index contributed by atoms with van der Waals surface area (Å²) in [5.74, 6) is -1.99. The first-order valence-corrected chi connectivity index (χ1v) is 17.6. The molecule has 2 fully saturated rings. The SMILES string of the molecule is CC(C)CN(CC(O)C(Cc1ccccc1)NC(=O)OC1COC2OCCC12)S(=O)(=O)c1ccc([N+](=O)[O-])c(NCc2ccc(F)cc2F)c1. The van der Waals surface area contributed by atoms with Gasteiger partial charge in [-0.15, -0.1) is 0 Å². The second-order valence-corrected chi connectivity index (χ2v) is 14.7. The van der Waals surface area contributed by atoms with Gasteiger partial charge in [-0.05, 0) is 42.5 Å². The zero-order valence-electron chi connectivity index (χ0n) is 27.5. The van der Waals surface area contributed by atoms with Crippen LogP contribution < -0.4 is 10.6 Å². The molecule has 2 aliphatic heterocycles. The van der Waals surface area contributed by atoms with E-state index in [0.29, 0.717) is 19.1 Å². The summed E-state index contributed by atoms with van der Waals surface area (Å²) in [6, 6.07) is 14.1. The number of halogens is 2. The van der Waals surface area contributed by atoms with E-state index in [1.807, 2.05) is 18.2 Å². The van der Waals surface area contributed by atoms with E-state index >= 15 is 0 Å². The normalized spacial score (nSPS) is 20.0. The van der Waals surface area contributed by atoms with E-state index in [1.165, 1.54) is 6.07 Å². The molecular weight excluding hydrogens is 678 g/mol. The predicted octanol–water partition coefficient (Wildman–Crippen LogP) is 4.59. The van der Waals surface area contributed by atoms with Gasteiger partial charge in [0, 0.05) is 37.3 Å². The molecule has 1 amide bonds. The maximum atomic E-state index is 14.3. The van der Waals surface area contributed by atoms with Crippen LogP contribution in [0.3, 0.4) is 0 Å². The number of amides is 1. The predicted molar refractivity (Wildman–Crippen MR) is 178 cm³/mol. The molecule has 0 radical (unpaired) electrons. The van der Waals surface area contributed by atoms with Gasteiger partial charge in [-0.25, -0.2) is 22.0 Å². The van der Waals surface area contributed by atoms with Crippen molar-refractivity contribution in [2.45, 2.75) is 62.7 Å². The van der Waals surface area contributed by atoms with Crippen molar-refractivity contribution in [3.8, 4) is 0 Å². The Morgan fingerprint density at radius 2 is 1.86 bits per heavy atom. The summed E-state index contributed by atoms with van der Waals surface area (Å²) < 4.78 is 73.7. The molecule has 0 spiro atoms. The molecule has 5 rings (SSSR count). The number of nitro benzene ring substituents is 1. The first kappa shape index (κ1) is 37.0. The van der Waals surface area contributed by atoms with Crippen LogP contribution >= 0.6 is 0 Å². The van der Waals surface area contributed by atoms with Crippen molar-refractivity contribution in [1.82, 2.24) is 9.62 Å². The standard InChI is InChI=1S/C34H40F2N4O9S/c1-21(2)18-39(50(45,46)25-10-11-30(40(43)44)28(16-25)37-17-23-8-9-24(35)15-27(23)36)19-31(41)29(14-22-6-4-3-5-7-22)38-34(42)49-32-20-48-33-26(32)12-13-47-33/h3-11,15-16,21,26,29,31-33,37,41H,12-14,17-20H2,1-2H3,(H,38,42). The number of rotatable bonds is 15. The Hall–Kier alpha value is -4.22. The average molecular weight is 719 g/mol. The van der Waals surface area contributed by atoms with Gasteiger partial charge in [0.25, 0.3) is 5.69 Å². The molecule has 0 saturated carbocycles. The molecule has 270 valence electrons. The Bertz CT molecular complexity index is 1770. The summed E-state index contributed by atoms with van der Waals surface area (Å²) in [7, 11) is -4.40. The van der Waals surface area contributed by atoms with Gasteiger partial charge >= 0.3 is 6.09 Å². The van der Waals surface area contributed by atoms with Crippen LogP contribution in [0, 0.1) is 33.6 Å². The number of anilines is 1. The minimum Gasteiger partial charge on any atom is -0.443 e. The number of aliphatic hydroxyl groups excluding tert-OH is 1. The number of aliphatic hydroxyl groups is 1. The Balaban J connectivity index is 1.37. The van der Waals surface area contributed by atoms with Crippen LogP contribution in [0.5, 0.6) is 0 Å². The zero-order chi connectivity index (χ0) is 36.0. The zero-order valence-corrected chi connectivity index (χ0v) is 28.4. The molecule has 50 heavy (non-hydrogen) atoms. The topological polar surface area (TPSA) is 170 Å². The van der Waals surface area contributed by atoms with E-state index in [9.17, 15) is 37.2 Å². The third kappa shape index (κ3) is 9.11. The van der Waals surface area contributed by atoms with Crippen molar-refractivity contribution >= 4 is 27.5 Å². The highest BCUT2D eigenvalue weighted by Crippen LogP contribution is 2.33. The molecule has 5 atom stereocenters. The van der Waals surface area contributed by atoms with Crippen LogP contribution in [0.15, 0.2) is 71.6 Å². The summed E-state index contributed by atoms with van der Waals surface area (Å²) in [6.07, 6.45) is -2.38. The van der Waals surface area contributed by atoms with Gasteiger partial charge in [0.05, 0.1) is 41.1 Å². The first-order valence-electron chi connectivity index (χ1n) is 16.2. The number of carbonyl (C=O) groups excluding carboxylic acids is 1. The van der Waals surface area contributed by atoms with E-state index in [1.54, 1.807) is 26.0 Å². The largest absolute Gasteiger partial charge is 0.443 e. The van der Waals surface area contributed by atoms with Crippen LogP contribution in [0.1, 0.15) is 31.4 Å². The van der Waals surface area contributed by atoms with E-state index in [4.69, 9.17) is 14.2 Å². The van der Waals surface area contributed by atoms with Crippen LogP contribution in [-0.2, 0) is 37.2 Å². The number of ether oxygens (including phenoxy) is 3. The molecule has 3 aromatic rings. The maximum Gasteiger partial charge on any atom is 0.407 e. The fourth-order valence-electron chi connectivity index (χ4n) is 6.02. The Labute approximate surface area is 288 Å². The lowest BCUT2D eigenvalue weighted by atomic mass is 10.0. The summed E-state index contributed by atoms with van der Waals surface area (Å²) >= 11 is 0. The van der Waals surface area contributed by atoms with Gasteiger partial charge in [0.15, 0.2) is 6.29 Å². The van der Waals surface area contributed by atoms with Crippen molar-refractivity contribution in [1.29, 1.82) is 0 Å². The average Bonchev–Trinajstić information content (AvgIpc) is 3.69. The number of nitrogens with zero attached hydrogens (tertiary/aromatic N) is 2. The van der Waals surface area contributed by atoms with Gasteiger partial charge < -0.3 is 30.0 Å². The third-order valence-corrected chi connectivity index (χ3v) is 10.4. The molecule has 2 heterocycles. The maximum absolute atomic E-state index is 14.3. The minimum absolute atomic E-state index is 0.00542. The number of sulfonamides is 1. The third-order valence-electron chi connectivity index (χ3n) is 8.56. The quantitative estimate of drug-likeness (QED) is 0.149. The van der Waals surface area contributed by atoms with E-state index < -0.39 is 69.4 Å². The van der Waals surface area contributed by atoms with Crippen LogP contribution in [-0.4, -0.2) is 79.7 Å². The first-order chi connectivity index (χ1) is 23.8. The summed E-state index contributed by atoms with van der Waals surface area (Å²) in [5, 5.41) is 28.8. The minimum atomic E-state index is -4.40. The van der Waals surface area contributed by atoms with E-state index in [2.05, 4.69) is 10.6 Å². The molecule has 2 saturated heterocycles. The number of nitrogens with one attached hydrogen (secondary N) is 2. The number of carbonyl (C=O) groups is 1. The van der Waals surface area contributed by atoms with E-state index in [0.717, 1.165) is 34.1 Å². The van der Waals surface area contributed by atoms with Crippen molar-refractivity contribution in [3.63, 3.8) is 0 Å². The van der Waals surface area contributed by atoms with Crippen LogP contribution in [0.4, 0.5) is 25.0 Å². The van der Waals surface area contributed by atoms with Crippen molar-refractivity contribution in [3.05, 3.63) is 99.6 Å². The Morgan fingerprint density at radius 1 is 1.10 bits per heavy atom. The monoisotopic (exact) mass is 718 g/mol. The molecule has 0 aliphatic carbocycles. The number of hydrogen-bond acceptors (Lipinski definition) is 10. The van der Waals surface area contributed by atoms with Crippen LogP contribution in [0.25, 0.3) is 0 Å². The highest BCUT2D eigenvalue weighted by Gasteiger charge is 2.44. The molecule has 5 unspecified atom stereocenters. The molecule has 3 aromatic carbocycles. The molecule has 0 bridgehead atoms. The fourth-order valence-corrected chi connectivity index (χ4v) is 7.66. The highest BCUT2D eigenvalue weighted by molar-refractivity contribution is 7.89. The Morgan fingerprint density at radius 3 is 2.56 bits per heavy atom. The van der Waals surface area contributed by atoms with Crippen molar-refractivity contribution in [2.75, 3.05) is 31.6 Å². The van der Waals surface area contributed by atoms with Crippen LogP contribution in [0.2, 0.25) is 0 Å². The van der Waals surface area contributed by atoms with Crippen molar-refractivity contribution < 1.29 is 46.2 Å². The fraction of sp³-hybridized carbons (Fsp3) is 0.441. The molecule has 3 N–H and O–H groups in total. The van der Waals surface area contributed by atoms with Gasteiger partial charge in [-0.3, -0.25) is 10.1 Å². The number of hydrogen-bond donors (Lipinski definition) is 3. The van der Waals surface area contributed by atoms with Crippen molar-refractivity contribution in [2.24, 2.45) is 11.8 Å². The van der Waals surface area contributed by atoms with Gasteiger partial charge in [0.1, 0.15) is 23.4 Å².